The number of ketones is 2. The van der Waals surface area contributed by atoms with Gasteiger partial charge in [0.15, 0.2) is 6.10 Å². The number of likely N-dealkylation sites (tertiary alicyclic amines) is 1. The minimum atomic E-state index is -0.956. The Bertz CT molecular complexity index is 1240. The van der Waals surface area contributed by atoms with Crippen LogP contribution in [0.3, 0.4) is 0 Å². The van der Waals surface area contributed by atoms with Crippen LogP contribution in [0, 0.1) is 11.8 Å². The molecule has 0 unspecified atom stereocenters. The van der Waals surface area contributed by atoms with Gasteiger partial charge in [-0.1, -0.05) is 38.2 Å². The molecule has 6 atom stereocenters. The molecule has 2 heterocycles. The van der Waals surface area contributed by atoms with Crippen LogP contribution in [0.1, 0.15) is 47.0 Å². The number of nitrogens with zero attached hydrogens (tertiary/aromatic N) is 1. The SMILES string of the molecule is CO[C@H]1[C@@H](OC)C[C@H](C)CC2=C(N3CCC3)C(=O)C=C(NC(=O)/C(C)=C/C=C\[C@H](OC)[C@@H](OC(N)=O)/C(C)=C/[C@@H]1C)C2=O. The zero-order valence-corrected chi connectivity index (χ0v) is 26.2. The van der Waals surface area contributed by atoms with Gasteiger partial charge in [-0.05, 0) is 44.6 Å². The number of amides is 2. The third-order valence-corrected chi connectivity index (χ3v) is 8.17. The van der Waals surface area contributed by atoms with Crippen LogP contribution in [-0.4, -0.2) is 87.3 Å². The summed E-state index contributed by atoms with van der Waals surface area (Å²) in [5.41, 5.74) is 7.15. The molecule has 43 heavy (non-hydrogen) atoms. The molecule has 0 radical (unpaired) electrons. The quantitative estimate of drug-likeness (QED) is 0.359. The Balaban J connectivity index is 2.09. The van der Waals surface area contributed by atoms with E-state index in [1.165, 1.54) is 13.2 Å². The van der Waals surface area contributed by atoms with E-state index in [9.17, 15) is 19.2 Å². The van der Waals surface area contributed by atoms with E-state index in [1.54, 1.807) is 39.4 Å². The molecule has 3 aliphatic rings. The minimum absolute atomic E-state index is 0.0488. The molecule has 0 saturated carbocycles. The number of nitrogens with one attached hydrogen (secondary N) is 1. The molecule has 0 aromatic heterocycles. The third kappa shape index (κ3) is 8.31. The standard InChI is InChI=1S/C32H45N3O8/c1-18-14-22-27(35-12-9-13-35)24(36)17-23(28(22)37)34-31(38)19(2)10-8-11-25(40-5)30(43-32(33)39)21(4)16-20(3)29(42-7)26(15-18)41-6/h8,10-11,16-18,20,25-26,29-30H,9,12-15H2,1-7H3,(H2,33,39)(H,34,38)/b11-8-,19-10+,21-16+/t18-,20+,25+,26+,29-,30+/m1/s1. The molecular weight excluding hydrogens is 554 g/mol. The first kappa shape index (κ1) is 34.0. The Labute approximate surface area is 253 Å². The summed E-state index contributed by atoms with van der Waals surface area (Å²) in [7, 11) is 4.69. The first-order valence-corrected chi connectivity index (χ1v) is 14.6. The van der Waals surface area contributed by atoms with Gasteiger partial charge in [0, 0.05) is 57.6 Å². The zero-order valence-electron chi connectivity index (χ0n) is 26.2. The van der Waals surface area contributed by atoms with Crippen molar-refractivity contribution in [3.05, 3.63) is 58.5 Å². The van der Waals surface area contributed by atoms with Crippen molar-refractivity contribution in [3.8, 4) is 0 Å². The van der Waals surface area contributed by atoms with Crippen LogP contribution in [0.5, 0.6) is 0 Å². The van der Waals surface area contributed by atoms with Gasteiger partial charge in [0.25, 0.3) is 5.91 Å². The number of allylic oxidation sites excluding steroid dienone is 4. The van der Waals surface area contributed by atoms with E-state index in [-0.39, 0.29) is 46.9 Å². The third-order valence-electron chi connectivity index (χ3n) is 8.17. The first-order chi connectivity index (χ1) is 20.4. The number of rotatable bonds is 5. The number of nitrogens with two attached hydrogens (primary N) is 1. The maximum absolute atomic E-state index is 13.7. The van der Waals surface area contributed by atoms with Gasteiger partial charge in [0.2, 0.25) is 11.6 Å². The summed E-state index contributed by atoms with van der Waals surface area (Å²) in [4.78, 5) is 53.8. The summed E-state index contributed by atoms with van der Waals surface area (Å²) in [5, 5.41) is 2.64. The van der Waals surface area contributed by atoms with Crippen molar-refractivity contribution in [2.75, 3.05) is 34.4 Å². The summed E-state index contributed by atoms with van der Waals surface area (Å²) < 4.78 is 22.9. The van der Waals surface area contributed by atoms with Gasteiger partial charge >= 0.3 is 6.09 Å². The highest BCUT2D eigenvalue weighted by atomic mass is 16.6. The molecule has 1 saturated heterocycles. The maximum atomic E-state index is 13.7. The smallest absolute Gasteiger partial charge is 0.405 e. The largest absolute Gasteiger partial charge is 0.439 e. The van der Waals surface area contributed by atoms with E-state index < -0.39 is 24.2 Å². The second kappa shape index (κ2) is 15.3. The minimum Gasteiger partial charge on any atom is -0.439 e. The summed E-state index contributed by atoms with van der Waals surface area (Å²) >= 11 is 0. The molecule has 0 aromatic carbocycles. The topological polar surface area (TPSA) is 146 Å². The number of hydrogen-bond donors (Lipinski definition) is 2. The Hall–Kier alpha value is -3.54. The molecule has 0 spiro atoms. The highest BCUT2D eigenvalue weighted by Gasteiger charge is 2.36. The number of hydrogen-bond acceptors (Lipinski definition) is 9. The lowest BCUT2D eigenvalue weighted by Crippen LogP contribution is -2.43. The zero-order chi connectivity index (χ0) is 31.8. The summed E-state index contributed by atoms with van der Waals surface area (Å²) in [6.45, 7) is 8.79. The van der Waals surface area contributed by atoms with Crippen molar-refractivity contribution in [2.24, 2.45) is 17.6 Å². The van der Waals surface area contributed by atoms with Crippen molar-refractivity contribution in [1.29, 1.82) is 0 Å². The maximum Gasteiger partial charge on any atom is 0.405 e. The Morgan fingerprint density at radius 2 is 1.74 bits per heavy atom. The molecular formula is C32H45N3O8. The molecule has 11 heteroatoms. The molecule has 2 aliphatic heterocycles. The van der Waals surface area contributed by atoms with E-state index in [0.717, 1.165) is 6.42 Å². The van der Waals surface area contributed by atoms with E-state index in [0.29, 0.717) is 42.8 Å². The number of fused-ring (bicyclic) bond motifs is 2. The summed E-state index contributed by atoms with van der Waals surface area (Å²) in [6.07, 6.45) is 6.46. The fraction of sp³-hybridized carbons (Fsp3) is 0.562. The Morgan fingerprint density at radius 3 is 2.30 bits per heavy atom. The number of methoxy groups -OCH3 is 3. The van der Waals surface area contributed by atoms with E-state index in [2.05, 4.69) is 5.32 Å². The molecule has 2 amide bonds. The molecule has 11 nitrogen and oxygen atoms in total. The first-order valence-electron chi connectivity index (χ1n) is 14.6. The molecule has 2 bridgehead atoms. The van der Waals surface area contributed by atoms with Gasteiger partial charge in [-0.15, -0.1) is 0 Å². The Morgan fingerprint density at radius 1 is 1.05 bits per heavy atom. The molecule has 0 aromatic rings. The second-order valence-electron chi connectivity index (χ2n) is 11.5. The Kier molecular flexibility index (Phi) is 12.1. The molecule has 1 aliphatic carbocycles. The predicted molar refractivity (Wildman–Crippen MR) is 161 cm³/mol. The number of ether oxygens (including phenoxy) is 4. The predicted octanol–water partition coefficient (Wildman–Crippen LogP) is 3.12. The highest BCUT2D eigenvalue weighted by Crippen LogP contribution is 2.32. The van der Waals surface area contributed by atoms with Crippen LogP contribution < -0.4 is 11.1 Å². The van der Waals surface area contributed by atoms with Gasteiger partial charge in [-0.3, -0.25) is 14.4 Å². The van der Waals surface area contributed by atoms with Crippen LogP contribution in [-0.2, 0) is 33.3 Å². The highest BCUT2D eigenvalue weighted by molar-refractivity contribution is 6.23. The average Bonchev–Trinajstić information content (AvgIpc) is 2.92. The van der Waals surface area contributed by atoms with Gasteiger partial charge in [-0.25, -0.2) is 4.79 Å². The molecule has 236 valence electrons. The van der Waals surface area contributed by atoms with Crippen LogP contribution in [0.25, 0.3) is 0 Å². The van der Waals surface area contributed by atoms with Crippen LogP contribution in [0.2, 0.25) is 0 Å². The van der Waals surface area contributed by atoms with Gasteiger partial charge < -0.3 is 34.9 Å². The van der Waals surface area contributed by atoms with Crippen molar-refractivity contribution >= 4 is 23.6 Å². The average molecular weight is 600 g/mol. The van der Waals surface area contributed by atoms with E-state index >= 15 is 0 Å². The van der Waals surface area contributed by atoms with E-state index in [4.69, 9.17) is 24.7 Å². The summed E-state index contributed by atoms with van der Waals surface area (Å²) in [6, 6.07) is 0. The van der Waals surface area contributed by atoms with E-state index in [1.807, 2.05) is 31.7 Å². The monoisotopic (exact) mass is 599 g/mol. The molecule has 3 rings (SSSR count). The number of carbonyl (C=O) groups is 4. The van der Waals surface area contributed by atoms with Gasteiger partial charge in [0.1, 0.15) is 6.10 Å². The fourth-order valence-corrected chi connectivity index (χ4v) is 5.81. The number of carbonyl (C=O) groups excluding carboxylic acids is 4. The molecule has 3 N–H and O–H groups in total. The lowest BCUT2D eigenvalue weighted by molar-refractivity contribution is -0.120. The van der Waals surface area contributed by atoms with Crippen LogP contribution >= 0.6 is 0 Å². The molecule has 1 fully saturated rings. The van der Waals surface area contributed by atoms with Crippen molar-refractivity contribution in [3.63, 3.8) is 0 Å². The van der Waals surface area contributed by atoms with Crippen molar-refractivity contribution < 1.29 is 38.1 Å². The lowest BCUT2D eigenvalue weighted by atomic mass is 9.84. The second-order valence-corrected chi connectivity index (χ2v) is 11.5. The van der Waals surface area contributed by atoms with Crippen molar-refractivity contribution in [2.45, 2.75) is 71.4 Å². The van der Waals surface area contributed by atoms with Crippen molar-refractivity contribution in [1.82, 2.24) is 10.2 Å². The summed E-state index contributed by atoms with van der Waals surface area (Å²) in [5.74, 6) is -1.44. The normalized spacial score (nSPS) is 33.0. The lowest BCUT2D eigenvalue weighted by Gasteiger charge is -2.37. The number of Topliss-reactive ketones (excluding diaryl/α,β-unsaturated/α-hetero) is 1. The fourth-order valence-electron chi connectivity index (χ4n) is 5.81. The van der Waals surface area contributed by atoms with Gasteiger partial charge in [-0.2, -0.15) is 0 Å². The van der Waals surface area contributed by atoms with Gasteiger partial charge in [0.05, 0.1) is 23.6 Å². The van der Waals surface area contributed by atoms with Crippen LogP contribution in [0.4, 0.5) is 4.79 Å². The van der Waals surface area contributed by atoms with Crippen LogP contribution in [0.15, 0.2) is 58.5 Å². The number of primary amides is 1.